The van der Waals surface area contributed by atoms with Gasteiger partial charge in [-0.05, 0) is 32.4 Å². The molecule has 0 saturated carbocycles. The zero-order chi connectivity index (χ0) is 12.4. The lowest BCUT2D eigenvalue weighted by molar-refractivity contribution is 0.0363. The molecule has 0 radical (unpaired) electrons. The van der Waals surface area contributed by atoms with Crippen LogP contribution in [0.3, 0.4) is 0 Å². The molecule has 3 rings (SSSR count). The Kier molecular flexibility index (Phi) is 3.24. The molecule has 3 heterocycles. The first-order chi connectivity index (χ1) is 8.86. The summed E-state index contributed by atoms with van der Waals surface area (Å²) in [4.78, 5) is 13.9. The van der Waals surface area contributed by atoms with Crippen LogP contribution >= 0.6 is 0 Å². The van der Waals surface area contributed by atoms with E-state index in [1.165, 1.54) is 0 Å². The number of aliphatic imine (C=N–C) groups is 1. The van der Waals surface area contributed by atoms with Crippen molar-refractivity contribution in [2.24, 2.45) is 4.99 Å². The molecule has 0 spiro atoms. The van der Waals surface area contributed by atoms with Crippen LogP contribution in [0.25, 0.3) is 0 Å². The van der Waals surface area contributed by atoms with Crippen molar-refractivity contribution in [2.45, 2.75) is 38.5 Å². The highest BCUT2D eigenvalue weighted by Crippen LogP contribution is 2.17. The minimum Gasteiger partial charge on any atom is -0.317 e. The number of aromatic nitrogens is 3. The van der Waals surface area contributed by atoms with Crippen molar-refractivity contribution in [1.29, 1.82) is 0 Å². The number of amidine groups is 1. The Balaban J connectivity index is 1.73. The van der Waals surface area contributed by atoms with Gasteiger partial charge in [0.2, 0.25) is 5.82 Å². The molecule has 0 aromatic carbocycles. The van der Waals surface area contributed by atoms with Crippen molar-refractivity contribution in [3.8, 4) is 0 Å². The largest absolute Gasteiger partial charge is 0.317 e. The van der Waals surface area contributed by atoms with Crippen molar-refractivity contribution in [2.75, 3.05) is 13.1 Å². The van der Waals surface area contributed by atoms with Crippen LogP contribution in [-0.2, 0) is 4.84 Å². The summed E-state index contributed by atoms with van der Waals surface area (Å²) >= 11 is 0. The van der Waals surface area contributed by atoms with Gasteiger partial charge in [0.05, 0.1) is 6.04 Å². The summed E-state index contributed by atoms with van der Waals surface area (Å²) in [6.07, 6.45) is 4.69. The first-order valence-electron chi connectivity index (χ1n) is 6.48. The van der Waals surface area contributed by atoms with Gasteiger partial charge in [-0.2, -0.15) is 0 Å². The second-order valence-corrected chi connectivity index (χ2v) is 4.59. The van der Waals surface area contributed by atoms with Crippen LogP contribution in [-0.4, -0.2) is 39.9 Å². The van der Waals surface area contributed by atoms with E-state index in [4.69, 9.17) is 4.84 Å². The summed E-state index contributed by atoms with van der Waals surface area (Å²) in [5.74, 6) is 1.25. The number of nitrogens with zero attached hydrogens (tertiary/aromatic N) is 4. The summed E-state index contributed by atoms with van der Waals surface area (Å²) in [5.41, 5.74) is 2.79. The molecule has 2 aliphatic heterocycles. The second-order valence-electron chi connectivity index (χ2n) is 4.59. The number of nitrogens with one attached hydrogen (secondary N) is 2. The average Bonchev–Trinajstić information content (AvgIpc) is 3.08. The molecule has 1 aromatic heterocycles. The summed E-state index contributed by atoms with van der Waals surface area (Å²) in [6, 6.07) is 0.442. The molecular weight excluding hydrogens is 232 g/mol. The van der Waals surface area contributed by atoms with E-state index in [0.29, 0.717) is 17.7 Å². The van der Waals surface area contributed by atoms with Crippen molar-refractivity contribution in [3.63, 3.8) is 0 Å². The Hall–Kier alpha value is -1.47. The fraction of sp³-hybridized carbons (Fsp3) is 0.727. The van der Waals surface area contributed by atoms with Gasteiger partial charge >= 0.3 is 0 Å². The van der Waals surface area contributed by atoms with E-state index in [-0.39, 0.29) is 6.23 Å². The average molecular weight is 250 g/mol. The Morgan fingerprint density at radius 3 is 3.00 bits per heavy atom. The smallest absolute Gasteiger partial charge is 0.218 e. The predicted molar refractivity (Wildman–Crippen MR) is 66.0 cm³/mol. The zero-order valence-corrected chi connectivity index (χ0v) is 10.5. The molecule has 1 saturated heterocycles. The topological polar surface area (TPSA) is 76.4 Å². The van der Waals surface area contributed by atoms with Gasteiger partial charge < -0.3 is 5.32 Å². The highest BCUT2D eigenvalue weighted by Gasteiger charge is 2.22. The minimum absolute atomic E-state index is 0.120. The molecule has 7 heteroatoms. The van der Waals surface area contributed by atoms with Crippen LogP contribution in [0.5, 0.6) is 0 Å². The first-order valence-corrected chi connectivity index (χ1v) is 6.48. The molecule has 0 aliphatic carbocycles. The minimum atomic E-state index is -0.120. The lowest BCUT2D eigenvalue weighted by atomic mass is 10.1. The number of piperidine rings is 1. The molecule has 0 amide bonds. The van der Waals surface area contributed by atoms with Gasteiger partial charge in [-0.1, -0.05) is 6.92 Å². The highest BCUT2D eigenvalue weighted by atomic mass is 16.7. The lowest BCUT2D eigenvalue weighted by Crippen LogP contribution is -2.30. The van der Waals surface area contributed by atoms with E-state index < -0.39 is 0 Å². The van der Waals surface area contributed by atoms with Crippen molar-refractivity contribution < 1.29 is 4.84 Å². The number of hydrogen-bond acceptors (Lipinski definition) is 6. The second kappa shape index (κ2) is 5.03. The molecule has 0 bridgehead atoms. The summed E-state index contributed by atoms with van der Waals surface area (Å²) < 4.78 is 1.94. The third-order valence-electron chi connectivity index (χ3n) is 3.32. The predicted octanol–water partition coefficient (Wildman–Crippen LogP) is 0.220. The van der Waals surface area contributed by atoms with Crippen molar-refractivity contribution in [1.82, 2.24) is 25.6 Å². The van der Waals surface area contributed by atoms with Crippen LogP contribution < -0.4 is 10.8 Å². The van der Waals surface area contributed by atoms with E-state index in [9.17, 15) is 0 Å². The molecule has 98 valence electrons. The van der Waals surface area contributed by atoms with Gasteiger partial charge in [0.25, 0.3) is 0 Å². The number of rotatable bonds is 3. The lowest BCUT2D eigenvalue weighted by Gasteiger charge is -2.22. The Morgan fingerprint density at radius 2 is 2.28 bits per heavy atom. The van der Waals surface area contributed by atoms with E-state index in [1.54, 1.807) is 6.33 Å². The van der Waals surface area contributed by atoms with Gasteiger partial charge in [0.1, 0.15) is 6.33 Å². The Morgan fingerprint density at radius 1 is 1.44 bits per heavy atom. The monoisotopic (exact) mass is 250 g/mol. The number of hydroxylamine groups is 1. The maximum absolute atomic E-state index is 5.27. The molecule has 1 fully saturated rings. The molecule has 18 heavy (non-hydrogen) atoms. The van der Waals surface area contributed by atoms with Crippen molar-refractivity contribution in [3.05, 3.63) is 12.2 Å². The molecule has 7 nitrogen and oxygen atoms in total. The van der Waals surface area contributed by atoms with Gasteiger partial charge in [0.15, 0.2) is 12.1 Å². The Bertz CT molecular complexity index is 436. The summed E-state index contributed by atoms with van der Waals surface area (Å²) in [5, 5.41) is 7.83. The van der Waals surface area contributed by atoms with Crippen LogP contribution in [0.15, 0.2) is 11.3 Å². The van der Waals surface area contributed by atoms with E-state index in [0.717, 1.165) is 32.4 Å². The molecular formula is C11H18N6O. The maximum Gasteiger partial charge on any atom is 0.218 e. The summed E-state index contributed by atoms with van der Waals surface area (Å²) in [6.45, 7) is 4.11. The fourth-order valence-corrected chi connectivity index (χ4v) is 2.23. The molecule has 1 atom stereocenters. The van der Waals surface area contributed by atoms with Gasteiger partial charge in [-0.15, -0.1) is 5.10 Å². The number of hydrogen-bond donors (Lipinski definition) is 2. The Labute approximate surface area is 106 Å². The molecule has 1 unspecified atom stereocenters. The quantitative estimate of drug-likeness (QED) is 0.802. The normalized spacial score (nSPS) is 24.9. The molecule has 2 aliphatic rings. The highest BCUT2D eigenvalue weighted by molar-refractivity contribution is 5.95. The third kappa shape index (κ3) is 2.23. The SMILES string of the molecule is CCC1N=C(c2ncn(C3CCNCC3)n2)NO1. The van der Waals surface area contributed by atoms with Gasteiger partial charge in [-0.25, -0.2) is 25.0 Å². The maximum atomic E-state index is 5.27. The van der Waals surface area contributed by atoms with Gasteiger partial charge in [0, 0.05) is 0 Å². The zero-order valence-electron chi connectivity index (χ0n) is 10.5. The van der Waals surface area contributed by atoms with Crippen LogP contribution in [0.2, 0.25) is 0 Å². The standard InChI is InChI=1S/C11H18N6O/c1-2-9-14-11(16-18-9)10-13-7-17(15-10)8-3-5-12-6-4-8/h7-9,12H,2-6H2,1H3,(H,14,16). The van der Waals surface area contributed by atoms with Crippen molar-refractivity contribution >= 4 is 5.84 Å². The van der Waals surface area contributed by atoms with E-state index >= 15 is 0 Å². The van der Waals surface area contributed by atoms with Gasteiger partial charge in [-0.3, -0.25) is 0 Å². The van der Waals surface area contributed by atoms with E-state index in [1.807, 2.05) is 11.6 Å². The molecule has 2 N–H and O–H groups in total. The van der Waals surface area contributed by atoms with Crippen LogP contribution in [0.4, 0.5) is 0 Å². The van der Waals surface area contributed by atoms with Crippen LogP contribution in [0.1, 0.15) is 38.1 Å². The van der Waals surface area contributed by atoms with Crippen LogP contribution in [0, 0.1) is 0 Å². The fourth-order valence-electron chi connectivity index (χ4n) is 2.23. The first kappa shape index (κ1) is 11.6. The van der Waals surface area contributed by atoms with E-state index in [2.05, 4.69) is 25.9 Å². The summed E-state index contributed by atoms with van der Waals surface area (Å²) in [7, 11) is 0. The third-order valence-corrected chi connectivity index (χ3v) is 3.32. The molecule has 1 aromatic rings.